The van der Waals surface area contributed by atoms with Crippen LogP contribution in [-0.4, -0.2) is 56.7 Å². The molecule has 1 aliphatic heterocycles. The summed E-state index contributed by atoms with van der Waals surface area (Å²) in [5, 5.41) is 5.67. The number of carbonyl (C=O) groups is 1. The lowest BCUT2D eigenvalue weighted by molar-refractivity contribution is -0.136. The zero-order chi connectivity index (χ0) is 23.5. The number of rotatable bonds is 6. The van der Waals surface area contributed by atoms with Gasteiger partial charge in [-0.25, -0.2) is 14.6 Å². The first kappa shape index (κ1) is 22.8. The molecule has 7 heteroatoms. The van der Waals surface area contributed by atoms with E-state index in [9.17, 15) is 4.79 Å². The number of piperazine rings is 1. The maximum absolute atomic E-state index is 13.1. The number of carbonyl (C=O) groups excluding carboxylic acids is 1. The third-order valence-corrected chi connectivity index (χ3v) is 7.43. The van der Waals surface area contributed by atoms with Crippen LogP contribution in [0.4, 0.5) is 5.82 Å². The fraction of sp³-hybridized carbons (Fsp3) is 0.556. The van der Waals surface area contributed by atoms with Crippen LogP contribution in [0, 0.1) is 5.92 Å². The summed E-state index contributed by atoms with van der Waals surface area (Å²) in [6.07, 6.45) is 9.82. The predicted octanol–water partition coefficient (Wildman–Crippen LogP) is 4.95. The Labute approximate surface area is 202 Å². The third-order valence-electron chi connectivity index (χ3n) is 7.43. The maximum atomic E-state index is 13.1. The van der Waals surface area contributed by atoms with E-state index in [1.54, 1.807) is 0 Å². The number of aromatic nitrogens is 4. The molecule has 3 aromatic rings. The van der Waals surface area contributed by atoms with E-state index in [2.05, 4.69) is 35.8 Å². The molecule has 1 amide bonds. The molecule has 1 aliphatic carbocycles. The van der Waals surface area contributed by atoms with Crippen molar-refractivity contribution >= 4 is 22.8 Å². The van der Waals surface area contributed by atoms with E-state index in [1.807, 2.05) is 29.1 Å². The van der Waals surface area contributed by atoms with Crippen LogP contribution in [0.5, 0.6) is 0 Å². The number of amides is 1. The van der Waals surface area contributed by atoms with Gasteiger partial charge in [0.05, 0.1) is 17.3 Å². The monoisotopic (exact) mass is 460 g/mol. The van der Waals surface area contributed by atoms with Crippen molar-refractivity contribution in [2.45, 2.75) is 64.7 Å². The molecule has 1 saturated carbocycles. The topological polar surface area (TPSA) is 67.2 Å². The molecule has 1 saturated heterocycles. The molecular formula is C27H36N6O. The van der Waals surface area contributed by atoms with E-state index >= 15 is 0 Å². The average Bonchev–Trinajstić information content (AvgIpc) is 3.33. The molecule has 180 valence electrons. The van der Waals surface area contributed by atoms with E-state index < -0.39 is 0 Å². The molecule has 5 rings (SSSR count). The van der Waals surface area contributed by atoms with Crippen LogP contribution >= 0.6 is 0 Å². The van der Waals surface area contributed by atoms with Crippen molar-refractivity contribution in [3.05, 3.63) is 42.4 Å². The summed E-state index contributed by atoms with van der Waals surface area (Å²) < 4.78 is 1.92. The van der Waals surface area contributed by atoms with Crippen molar-refractivity contribution in [2.75, 3.05) is 31.1 Å². The van der Waals surface area contributed by atoms with Gasteiger partial charge < -0.3 is 9.80 Å². The van der Waals surface area contributed by atoms with Crippen molar-refractivity contribution in [1.29, 1.82) is 0 Å². The van der Waals surface area contributed by atoms with Gasteiger partial charge in [-0.3, -0.25) is 4.79 Å². The van der Waals surface area contributed by atoms with Gasteiger partial charge in [0.25, 0.3) is 0 Å². The zero-order valence-corrected chi connectivity index (χ0v) is 20.5. The molecule has 0 radical (unpaired) electrons. The Morgan fingerprint density at radius 1 is 1.03 bits per heavy atom. The average molecular weight is 461 g/mol. The minimum absolute atomic E-state index is 0.233. The lowest BCUT2D eigenvalue weighted by Gasteiger charge is -2.38. The number of benzene rings is 1. The van der Waals surface area contributed by atoms with E-state index in [0.29, 0.717) is 5.91 Å². The first-order chi connectivity index (χ1) is 16.7. The van der Waals surface area contributed by atoms with Crippen LogP contribution in [0.2, 0.25) is 0 Å². The highest BCUT2D eigenvalue weighted by Crippen LogP contribution is 2.31. The normalized spacial score (nSPS) is 18.4. The van der Waals surface area contributed by atoms with Crippen molar-refractivity contribution in [3.8, 4) is 5.69 Å². The Kier molecular flexibility index (Phi) is 6.79. The van der Waals surface area contributed by atoms with Crippen LogP contribution in [0.3, 0.4) is 0 Å². The van der Waals surface area contributed by atoms with Gasteiger partial charge in [0.15, 0.2) is 5.65 Å². The van der Waals surface area contributed by atoms with Gasteiger partial charge in [-0.05, 0) is 31.4 Å². The summed E-state index contributed by atoms with van der Waals surface area (Å²) in [6.45, 7) is 7.51. The minimum atomic E-state index is 0.233. The fourth-order valence-electron chi connectivity index (χ4n) is 5.44. The summed E-state index contributed by atoms with van der Waals surface area (Å²) in [6, 6.07) is 10.2. The second-order valence-corrected chi connectivity index (χ2v) is 9.87. The molecule has 1 aromatic carbocycles. The Hall–Kier alpha value is -2.96. The van der Waals surface area contributed by atoms with Gasteiger partial charge in [-0.2, -0.15) is 5.10 Å². The molecule has 1 atom stereocenters. The van der Waals surface area contributed by atoms with Crippen LogP contribution in [0.25, 0.3) is 16.7 Å². The van der Waals surface area contributed by atoms with E-state index in [4.69, 9.17) is 15.1 Å². The second kappa shape index (κ2) is 10.1. The van der Waals surface area contributed by atoms with Crippen LogP contribution in [0.15, 0.2) is 36.5 Å². The predicted molar refractivity (Wildman–Crippen MR) is 135 cm³/mol. The van der Waals surface area contributed by atoms with Crippen molar-refractivity contribution in [3.63, 3.8) is 0 Å². The summed E-state index contributed by atoms with van der Waals surface area (Å²) in [7, 11) is 0. The molecule has 34 heavy (non-hydrogen) atoms. The molecule has 0 spiro atoms. The Morgan fingerprint density at radius 2 is 1.76 bits per heavy atom. The molecule has 2 aliphatic rings. The number of para-hydroxylation sites is 1. The van der Waals surface area contributed by atoms with Gasteiger partial charge in [0.1, 0.15) is 11.6 Å². The summed E-state index contributed by atoms with van der Waals surface area (Å²) in [4.78, 5) is 27.5. The highest BCUT2D eigenvalue weighted by molar-refractivity contribution is 5.88. The molecule has 0 N–H and O–H groups in total. The number of nitrogens with zero attached hydrogens (tertiary/aromatic N) is 6. The molecule has 7 nitrogen and oxygen atoms in total. The first-order valence-electron chi connectivity index (χ1n) is 13.0. The van der Waals surface area contributed by atoms with Gasteiger partial charge in [0.2, 0.25) is 5.91 Å². The standard InChI is InChI=1S/C27H36N6O/c1-3-10-20(2)24-29-25(23-19-28-33(26(23)30-24)22-13-8-5-9-14-22)31-15-17-32(18-16-31)27(34)21-11-6-4-7-12-21/h5,8-9,13-14,19-21H,3-4,6-7,10-12,15-18H2,1-2H3/t20-/m0/s1. The fourth-order valence-corrected chi connectivity index (χ4v) is 5.44. The largest absolute Gasteiger partial charge is 0.352 e. The van der Waals surface area contributed by atoms with Crippen molar-refractivity contribution in [2.24, 2.45) is 5.92 Å². The van der Waals surface area contributed by atoms with Crippen molar-refractivity contribution in [1.82, 2.24) is 24.6 Å². The van der Waals surface area contributed by atoms with Crippen molar-refractivity contribution < 1.29 is 4.79 Å². The number of hydrogen-bond donors (Lipinski definition) is 0. The van der Waals surface area contributed by atoms with E-state index in [1.165, 1.54) is 19.3 Å². The highest BCUT2D eigenvalue weighted by atomic mass is 16.2. The maximum Gasteiger partial charge on any atom is 0.225 e. The van der Waals surface area contributed by atoms with Gasteiger partial charge >= 0.3 is 0 Å². The smallest absolute Gasteiger partial charge is 0.225 e. The summed E-state index contributed by atoms with van der Waals surface area (Å²) in [5.41, 5.74) is 1.86. The van der Waals surface area contributed by atoms with Crippen LogP contribution in [0.1, 0.15) is 70.5 Å². The van der Waals surface area contributed by atoms with Gasteiger partial charge in [0, 0.05) is 38.0 Å². The Balaban J connectivity index is 1.43. The molecular weight excluding hydrogens is 424 g/mol. The Bertz CT molecular complexity index is 1110. The molecule has 2 fully saturated rings. The summed E-state index contributed by atoms with van der Waals surface area (Å²) >= 11 is 0. The first-order valence-corrected chi connectivity index (χ1v) is 13.0. The Morgan fingerprint density at radius 3 is 2.47 bits per heavy atom. The van der Waals surface area contributed by atoms with Gasteiger partial charge in [-0.1, -0.05) is 57.7 Å². The minimum Gasteiger partial charge on any atom is -0.352 e. The zero-order valence-electron chi connectivity index (χ0n) is 20.5. The third kappa shape index (κ3) is 4.52. The van der Waals surface area contributed by atoms with Crippen LogP contribution < -0.4 is 4.90 Å². The van der Waals surface area contributed by atoms with E-state index in [0.717, 1.165) is 80.2 Å². The lowest BCUT2D eigenvalue weighted by atomic mass is 9.88. The van der Waals surface area contributed by atoms with E-state index in [-0.39, 0.29) is 11.8 Å². The number of hydrogen-bond acceptors (Lipinski definition) is 5. The number of anilines is 1. The SMILES string of the molecule is CCC[C@H](C)c1nc(N2CCN(C(=O)C3CCCCC3)CC2)c2cnn(-c3ccccc3)c2n1. The van der Waals surface area contributed by atoms with Crippen LogP contribution in [-0.2, 0) is 4.79 Å². The molecule has 0 unspecified atom stereocenters. The second-order valence-electron chi connectivity index (χ2n) is 9.87. The highest BCUT2D eigenvalue weighted by Gasteiger charge is 2.30. The van der Waals surface area contributed by atoms with Gasteiger partial charge in [-0.15, -0.1) is 0 Å². The lowest BCUT2D eigenvalue weighted by Crippen LogP contribution is -2.51. The quantitative estimate of drug-likeness (QED) is 0.521. The summed E-state index contributed by atoms with van der Waals surface area (Å²) in [5.74, 6) is 2.71. The molecule has 3 heterocycles. The molecule has 2 aromatic heterocycles. The molecule has 0 bridgehead atoms. The number of fused-ring (bicyclic) bond motifs is 1.